The highest BCUT2D eigenvalue weighted by molar-refractivity contribution is 5.89. The van der Waals surface area contributed by atoms with Crippen LogP contribution in [0.1, 0.15) is 27.0 Å². The lowest BCUT2D eigenvalue weighted by Gasteiger charge is -2.12. The van der Waals surface area contributed by atoms with Crippen LogP contribution in [0.15, 0.2) is 66.7 Å². The lowest BCUT2D eigenvalue weighted by molar-refractivity contribution is -0.191. The summed E-state index contributed by atoms with van der Waals surface area (Å²) in [6, 6.07) is 20.9. The number of carbonyl (C=O) groups is 1. The Labute approximate surface area is 180 Å². The number of aromatic carboxylic acids is 1. The maximum Gasteiger partial charge on any atom is 0.373 e. The summed E-state index contributed by atoms with van der Waals surface area (Å²) >= 11 is 0. The zero-order valence-electron chi connectivity index (χ0n) is 17.3. The van der Waals surface area contributed by atoms with Gasteiger partial charge in [-0.1, -0.05) is 29.8 Å². The van der Waals surface area contributed by atoms with Crippen LogP contribution in [-0.2, 0) is 22.7 Å². The minimum absolute atomic E-state index is 0.250. The molecule has 0 aromatic heterocycles. The number of carboxylic acids is 1. The van der Waals surface area contributed by atoms with Crippen molar-refractivity contribution in [3.8, 4) is 11.5 Å². The highest BCUT2D eigenvalue weighted by Crippen LogP contribution is 2.24. The van der Waals surface area contributed by atoms with Gasteiger partial charge in [-0.25, -0.2) is 4.79 Å². The van der Waals surface area contributed by atoms with E-state index in [1.54, 1.807) is 6.07 Å². The fraction of sp³-hybridized carbons (Fsp3) is 0.167. The van der Waals surface area contributed by atoms with E-state index in [1.165, 1.54) is 5.56 Å². The molecule has 0 unspecified atom stereocenters. The van der Waals surface area contributed by atoms with Gasteiger partial charge in [0.25, 0.3) is 0 Å². The van der Waals surface area contributed by atoms with Gasteiger partial charge in [-0.05, 0) is 67.6 Å². The van der Waals surface area contributed by atoms with E-state index in [2.05, 4.69) is 10.6 Å². The molecular weight excluding hydrogens is 396 g/mol. The van der Waals surface area contributed by atoms with Crippen molar-refractivity contribution < 1.29 is 24.2 Å². The van der Waals surface area contributed by atoms with Crippen molar-refractivity contribution in [2.24, 2.45) is 0 Å². The Balaban J connectivity index is 0.00000107. The third-order valence-electron chi connectivity index (χ3n) is 4.37. The van der Waals surface area contributed by atoms with Gasteiger partial charge in [-0.2, -0.15) is 9.59 Å². The smallest absolute Gasteiger partial charge is 0.373 e. The number of hydrogen-bond donors (Lipinski definition) is 3. The second kappa shape index (κ2) is 11.9. The van der Waals surface area contributed by atoms with Crippen molar-refractivity contribution in [2.45, 2.75) is 20.0 Å². The first-order valence-corrected chi connectivity index (χ1v) is 9.54. The Morgan fingerprint density at radius 2 is 1.52 bits per heavy atom. The van der Waals surface area contributed by atoms with E-state index >= 15 is 0 Å². The van der Waals surface area contributed by atoms with Gasteiger partial charge in [0, 0.05) is 18.8 Å². The van der Waals surface area contributed by atoms with Gasteiger partial charge < -0.3 is 20.5 Å². The Bertz CT molecular complexity index is 1020. The minimum atomic E-state index is -0.922. The second-order valence-electron chi connectivity index (χ2n) is 6.70. The van der Waals surface area contributed by atoms with Crippen LogP contribution in [0.3, 0.4) is 0 Å². The summed E-state index contributed by atoms with van der Waals surface area (Å²) in [7, 11) is 1.86. The van der Waals surface area contributed by atoms with E-state index in [4.69, 9.17) is 14.3 Å². The Morgan fingerprint density at radius 1 is 0.935 bits per heavy atom. The van der Waals surface area contributed by atoms with Crippen LogP contribution in [0, 0.1) is 6.92 Å². The molecule has 0 amide bonds. The molecule has 0 aliphatic carbocycles. The summed E-state index contributed by atoms with van der Waals surface area (Å²) in [6.45, 7) is 3.16. The molecule has 3 N–H and O–H groups in total. The quantitative estimate of drug-likeness (QED) is 0.501. The molecule has 31 heavy (non-hydrogen) atoms. The highest BCUT2D eigenvalue weighted by atomic mass is 16.5. The molecule has 0 atom stereocenters. The normalized spacial score (nSPS) is 9.74. The van der Waals surface area contributed by atoms with Crippen molar-refractivity contribution in [2.75, 3.05) is 12.4 Å². The van der Waals surface area contributed by atoms with E-state index in [9.17, 15) is 9.90 Å². The Kier molecular flexibility index (Phi) is 8.98. The van der Waals surface area contributed by atoms with Crippen LogP contribution < -0.4 is 15.4 Å². The van der Waals surface area contributed by atoms with Crippen LogP contribution in [0.5, 0.6) is 11.5 Å². The second-order valence-corrected chi connectivity index (χ2v) is 6.70. The predicted molar refractivity (Wildman–Crippen MR) is 116 cm³/mol. The number of anilines is 1. The van der Waals surface area contributed by atoms with Gasteiger partial charge in [-0.3, -0.25) is 0 Å². The molecule has 3 aromatic carbocycles. The molecule has 0 heterocycles. The summed E-state index contributed by atoms with van der Waals surface area (Å²) in [5.41, 5.74) is 4.19. The number of aryl methyl sites for hydroxylation is 1. The Morgan fingerprint density at radius 3 is 2.06 bits per heavy atom. The number of carbonyl (C=O) groups excluding carboxylic acids is 2. The van der Waals surface area contributed by atoms with Gasteiger partial charge >= 0.3 is 12.1 Å². The van der Waals surface area contributed by atoms with Crippen LogP contribution in [0.2, 0.25) is 0 Å². The minimum Gasteiger partial charge on any atom is -0.478 e. The maximum absolute atomic E-state index is 11.5. The number of nitrogens with one attached hydrogen (secondary N) is 2. The summed E-state index contributed by atoms with van der Waals surface area (Å²) < 4.78 is 5.83. The molecule has 0 fully saturated rings. The fourth-order valence-corrected chi connectivity index (χ4v) is 2.90. The monoisotopic (exact) mass is 420 g/mol. The number of hydrogen-bond acceptors (Lipinski definition) is 6. The van der Waals surface area contributed by atoms with E-state index in [0.717, 1.165) is 28.3 Å². The Hall–Kier alpha value is -3.93. The van der Waals surface area contributed by atoms with E-state index in [0.29, 0.717) is 18.7 Å². The predicted octanol–water partition coefficient (Wildman–Crippen LogP) is 4.23. The van der Waals surface area contributed by atoms with Crippen LogP contribution in [-0.4, -0.2) is 24.3 Å². The van der Waals surface area contributed by atoms with Crippen LogP contribution >= 0.6 is 0 Å². The zero-order valence-corrected chi connectivity index (χ0v) is 17.3. The summed E-state index contributed by atoms with van der Waals surface area (Å²) in [4.78, 5) is 27.7. The topological polar surface area (TPSA) is 105 Å². The number of ether oxygens (including phenoxy) is 1. The van der Waals surface area contributed by atoms with Crippen molar-refractivity contribution in [3.63, 3.8) is 0 Å². The van der Waals surface area contributed by atoms with E-state index < -0.39 is 5.97 Å². The lowest BCUT2D eigenvalue weighted by atomic mass is 10.0. The first kappa shape index (κ1) is 23.3. The first-order valence-electron chi connectivity index (χ1n) is 9.54. The summed E-state index contributed by atoms with van der Waals surface area (Å²) in [5.74, 6) is 0.616. The SMILES string of the molecule is CNCc1ccc(C(=O)O)c(CNc2ccc(Oc3ccc(C)cc3)cc2)c1.O=C=O. The molecule has 0 radical (unpaired) electrons. The third-order valence-corrected chi connectivity index (χ3v) is 4.37. The molecule has 0 saturated heterocycles. The number of benzene rings is 3. The highest BCUT2D eigenvalue weighted by Gasteiger charge is 2.10. The molecule has 0 aliphatic heterocycles. The van der Waals surface area contributed by atoms with Gasteiger partial charge in [0.2, 0.25) is 0 Å². The standard InChI is InChI=1S/C23H24N2O3.CO2/c1-16-3-8-20(9-4-16)28-21-10-6-19(7-11-21)25-15-18-13-17(14-24-2)5-12-22(18)23(26)27;2-1-3/h3-13,24-25H,14-15H2,1-2H3,(H,26,27);. The average Bonchev–Trinajstić information content (AvgIpc) is 2.75. The molecule has 160 valence electrons. The van der Waals surface area contributed by atoms with E-state index in [-0.39, 0.29) is 6.15 Å². The molecule has 7 nitrogen and oxygen atoms in total. The maximum atomic E-state index is 11.5. The van der Waals surface area contributed by atoms with E-state index in [1.807, 2.05) is 74.6 Å². The molecule has 0 spiro atoms. The first-order chi connectivity index (χ1) is 15.0. The largest absolute Gasteiger partial charge is 0.478 e. The molecule has 0 bridgehead atoms. The van der Waals surface area contributed by atoms with Gasteiger partial charge in [0.1, 0.15) is 11.5 Å². The lowest BCUT2D eigenvalue weighted by Crippen LogP contribution is -2.10. The van der Waals surface area contributed by atoms with Gasteiger partial charge in [0.05, 0.1) is 5.56 Å². The molecule has 3 aromatic rings. The molecule has 0 aliphatic rings. The molecule has 0 saturated carbocycles. The van der Waals surface area contributed by atoms with Crippen molar-refractivity contribution in [1.29, 1.82) is 0 Å². The summed E-state index contributed by atoms with van der Waals surface area (Å²) in [6.07, 6.45) is 0.250. The van der Waals surface area contributed by atoms with Crippen LogP contribution in [0.4, 0.5) is 5.69 Å². The van der Waals surface area contributed by atoms with Crippen molar-refractivity contribution >= 4 is 17.8 Å². The van der Waals surface area contributed by atoms with Gasteiger partial charge in [-0.15, -0.1) is 0 Å². The third kappa shape index (κ3) is 7.44. The molecular formula is C24H24N2O5. The molecule has 7 heteroatoms. The van der Waals surface area contributed by atoms with Crippen molar-refractivity contribution in [3.05, 3.63) is 89.0 Å². The van der Waals surface area contributed by atoms with Crippen molar-refractivity contribution in [1.82, 2.24) is 5.32 Å². The number of rotatable bonds is 8. The molecule has 3 rings (SSSR count). The number of carboxylic acid groups (broad SMARTS) is 1. The van der Waals surface area contributed by atoms with Gasteiger partial charge in [0.15, 0.2) is 0 Å². The average molecular weight is 420 g/mol. The fourth-order valence-electron chi connectivity index (χ4n) is 2.90. The zero-order chi connectivity index (χ0) is 22.6. The van der Waals surface area contributed by atoms with Crippen LogP contribution in [0.25, 0.3) is 0 Å². The summed E-state index contributed by atoms with van der Waals surface area (Å²) in [5, 5.41) is 15.8.